The number of benzene rings is 1. The van der Waals surface area contributed by atoms with Gasteiger partial charge in [-0.1, -0.05) is 18.1 Å². The highest BCUT2D eigenvalue weighted by Crippen LogP contribution is 2.23. The van der Waals surface area contributed by atoms with Gasteiger partial charge in [-0.2, -0.15) is 0 Å². The van der Waals surface area contributed by atoms with Crippen molar-refractivity contribution in [1.29, 1.82) is 0 Å². The van der Waals surface area contributed by atoms with Crippen molar-refractivity contribution in [2.45, 2.75) is 26.4 Å². The number of hydrogen-bond donors (Lipinski definition) is 1. The van der Waals surface area contributed by atoms with Crippen LogP contribution in [0, 0.1) is 11.8 Å². The molecule has 1 aliphatic rings. The minimum Gasteiger partial charge on any atom is -0.444 e. The molecule has 6 rings (SSSR count). The fourth-order valence-electron chi connectivity index (χ4n) is 4.95. The summed E-state index contributed by atoms with van der Waals surface area (Å²) in [6.07, 6.45) is 8.58. The number of piperazine rings is 1. The van der Waals surface area contributed by atoms with Crippen LogP contribution in [0.4, 0.5) is 16.3 Å². The zero-order chi connectivity index (χ0) is 31.4. The van der Waals surface area contributed by atoms with Crippen LogP contribution in [-0.4, -0.2) is 72.9 Å². The van der Waals surface area contributed by atoms with Crippen molar-refractivity contribution in [2.75, 3.05) is 31.5 Å². The van der Waals surface area contributed by atoms with Crippen LogP contribution in [0.1, 0.15) is 42.4 Å². The van der Waals surface area contributed by atoms with Crippen LogP contribution in [0.2, 0.25) is 0 Å². The quantitative estimate of drug-likeness (QED) is 0.267. The van der Waals surface area contributed by atoms with Crippen molar-refractivity contribution in [3.05, 3.63) is 108 Å². The average Bonchev–Trinajstić information content (AvgIpc) is 3.46. The van der Waals surface area contributed by atoms with E-state index in [1.165, 1.54) is 0 Å². The summed E-state index contributed by atoms with van der Waals surface area (Å²) in [5.41, 5.74) is 5.20. The van der Waals surface area contributed by atoms with Gasteiger partial charge in [0.05, 0.1) is 18.1 Å². The number of pyridine rings is 3. The Bertz CT molecular complexity index is 1890. The Hall–Kier alpha value is -5.69. The Morgan fingerprint density at radius 1 is 0.844 bits per heavy atom. The number of nitrogens with one attached hydrogen (secondary N) is 1. The summed E-state index contributed by atoms with van der Waals surface area (Å²) in [7, 11) is 0. The van der Waals surface area contributed by atoms with Gasteiger partial charge in [0.1, 0.15) is 22.8 Å². The van der Waals surface area contributed by atoms with E-state index in [-0.39, 0.29) is 12.0 Å². The number of hydrogen-bond acceptors (Lipinski definition) is 7. The number of carbonyl (C=O) groups is 2. The highest BCUT2D eigenvalue weighted by molar-refractivity contribution is 5.95. The second-order valence-corrected chi connectivity index (χ2v) is 11.7. The number of anilines is 2. The molecule has 0 bridgehead atoms. The van der Waals surface area contributed by atoms with Crippen LogP contribution < -0.4 is 5.32 Å². The molecule has 5 heterocycles. The average molecular weight is 600 g/mol. The predicted octanol–water partition coefficient (Wildman–Crippen LogP) is 5.63. The predicted molar refractivity (Wildman–Crippen MR) is 172 cm³/mol. The van der Waals surface area contributed by atoms with E-state index in [1.54, 1.807) is 34.6 Å². The van der Waals surface area contributed by atoms with E-state index < -0.39 is 5.60 Å². The highest BCUT2D eigenvalue weighted by Gasteiger charge is 2.28. The van der Waals surface area contributed by atoms with Gasteiger partial charge in [-0.05, 0) is 86.3 Å². The Morgan fingerprint density at radius 2 is 1.60 bits per heavy atom. The summed E-state index contributed by atoms with van der Waals surface area (Å²) in [5, 5.41) is 3.23. The molecule has 5 aromatic rings. The molecule has 0 spiro atoms. The van der Waals surface area contributed by atoms with E-state index in [0.717, 1.165) is 33.7 Å². The molecule has 1 aliphatic heterocycles. The molecular weight excluding hydrogens is 566 g/mol. The topological polar surface area (TPSA) is 105 Å². The van der Waals surface area contributed by atoms with Crippen molar-refractivity contribution in [2.24, 2.45) is 0 Å². The fraction of sp³-hybridized carbons (Fsp3) is 0.229. The smallest absolute Gasteiger partial charge is 0.410 e. The Kier molecular flexibility index (Phi) is 8.16. The van der Waals surface area contributed by atoms with E-state index in [9.17, 15) is 9.59 Å². The van der Waals surface area contributed by atoms with Gasteiger partial charge in [-0.15, -0.1) is 0 Å². The lowest BCUT2D eigenvalue weighted by molar-refractivity contribution is 0.0141. The van der Waals surface area contributed by atoms with Gasteiger partial charge in [0.2, 0.25) is 0 Å². The summed E-state index contributed by atoms with van der Waals surface area (Å²) < 4.78 is 7.42. The molecule has 0 unspecified atom stereocenters. The molecule has 1 saturated heterocycles. The molecule has 0 aliphatic carbocycles. The number of imidazole rings is 1. The highest BCUT2D eigenvalue weighted by atomic mass is 16.6. The summed E-state index contributed by atoms with van der Waals surface area (Å²) >= 11 is 0. The second-order valence-electron chi connectivity index (χ2n) is 11.7. The molecule has 1 N–H and O–H groups in total. The van der Waals surface area contributed by atoms with Crippen LogP contribution in [0.5, 0.6) is 0 Å². The van der Waals surface area contributed by atoms with Crippen LogP contribution >= 0.6 is 0 Å². The molecule has 0 saturated carbocycles. The number of amides is 2. The van der Waals surface area contributed by atoms with Crippen LogP contribution in [0.25, 0.3) is 16.8 Å². The van der Waals surface area contributed by atoms with Crippen LogP contribution in [-0.2, 0) is 4.74 Å². The lowest BCUT2D eigenvalue weighted by Gasteiger charge is -2.35. The van der Waals surface area contributed by atoms with E-state index >= 15 is 0 Å². The lowest BCUT2D eigenvalue weighted by atomic mass is 10.0. The summed E-state index contributed by atoms with van der Waals surface area (Å²) in [5.74, 6) is 7.08. The normalized spacial score (nSPS) is 13.2. The van der Waals surface area contributed by atoms with E-state index in [0.29, 0.717) is 37.6 Å². The van der Waals surface area contributed by atoms with E-state index in [1.807, 2.05) is 92.0 Å². The van der Waals surface area contributed by atoms with Crippen molar-refractivity contribution >= 4 is 29.2 Å². The van der Waals surface area contributed by atoms with Gasteiger partial charge < -0.3 is 19.9 Å². The number of fused-ring (bicyclic) bond motifs is 1. The molecule has 0 radical (unpaired) electrons. The molecule has 1 aromatic carbocycles. The summed E-state index contributed by atoms with van der Waals surface area (Å²) in [4.78, 5) is 42.0. The SMILES string of the molecule is CC(C)(C)OC(=O)N1CCN(C(=O)c2ccc(-c3ccc4ncc(C#Cc5ccnc(Nc6cccnc6)c5)n4c3)cc2)CC1. The van der Waals surface area contributed by atoms with Crippen molar-refractivity contribution in [1.82, 2.24) is 29.2 Å². The van der Waals surface area contributed by atoms with Crippen molar-refractivity contribution in [3.63, 3.8) is 0 Å². The summed E-state index contributed by atoms with van der Waals surface area (Å²) in [6.45, 7) is 7.35. The molecular formula is C35H33N7O3. The fourth-order valence-corrected chi connectivity index (χ4v) is 4.95. The van der Waals surface area contributed by atoms with Crippen LogP contribution in [0.15, 0.2) is 91.6 Å². The third kappa shape index (κ3) is 7.11. The first kappa shape index (κ1) is 29.4. The standard InChI is InChI=1S/C35H33N7O3/c1-35(2,3)45-34(44)41-19-17-40(18-20-41)33(43)27-9-7-26(8-10-27)28-11-13-32-38-23-30(42(32)24-28)12-6-25-14-16-37-31(21-25)39-29-5-4-15-36-22-29/h4-5,7-11,13-16,21-24H,17-20H2,1-3H3,(H,37,39). The van der Waals surface area contributed by atoms with Crippen molar-refractivity contribution < 1.29 is 14.3 Å². The number of aromatic nitrogens is 4. The minimum atomic E-state index is -0.549. The number of carbonyl (C=O) groups excluding carboxylic acids is 2. The van der Waals surface area contributed by atoms with Gasteiger partial charge in [0.25, 0.3) is 5.91 Å². The molecule has 10 heteroatoms. The van der Waals surface area contributed by atoms with Crippen LogP contribution in [0.3, 0.4) is 0 Å². The second kappa shape index (κ2) is 12.5. The first-order valence-electron chi connectivity index (χ1n) is 14.7. The van der Waals surface area contributed by atoms with Gasteiger partial charge in [-0.3, -0.25) is 14.2 Å². The first-order valence-corrected chi connectivity index (χ1v) is 14.7. The lowest BCUT2D eigenvalue weighted by Crippen LogP contribution is -2.51. The zero-order valence-electron chi connectivity index (χ0n) is 25.4. The molecule has 1 fully saturated rings. The maximum absolute atomic E-state index is 13.2. The molecule has 10 nitrogen and oxygen atoms in total. The largest absolute Gasteiger partial charge is 0.444 e. The third-order valence-corrected chi connectivity index (χ3v) is 7.22. The number of ether oxygens (including phenoxy) is 1. The summed E-state index contributed by atoms with van der Waals surface area (Å²) in [6, 6.07) is 19.1. The Morgan fingerprint density at radius 3 is 2.33 bits per heavy atom. The molecule has 2 amide bonds. The zero-order valence-corrected chi connectivity index (χ0v) is 25.4. The molecule has 0 atom stereocenters. The monoisotopic (exact) mass is 599 g/mol. The maximum Gasteiger partial charge on any atom is 0.410 e. The molecule has 4 aromatic heterocycles. The Balaban J connectivity index is 1.13. The minimum absolute atomic E-state index is 0.0529. The van der Waals surface area contributed by atoms with Gasteiger partial charge in [-0.25, -0.2) is 14.8 Å². The van der Waals surface area contributed by atoms with Crippen molar-refractivity contribution in [3.8, 4) is 23.0 Å². The third-order valence-electron chi connectivity index (χ3n) is 7.22. The number of nitrogens with zero attached hydrogens (tertiary/aromatic N) is 6. The number of rotatable bonds is 4. The van der Waals surface area contributed by atoms with E-state index in [2.05, 4.69) is 32.1 Å². The molecule has 45 heavy (non-hydrogen) atoms. The first-order chi connectivity index (χ1) is 21.7. The van der Waals surface area contributed by atoms with E-state index in [4.69, 9.17) is 4.74 Å². The molecule has 226 valence electrons. The van der Waals surface area contributed by atoms with Gasteiger partial charge >= 0.3 is 6.09 Å². The van der Waals surface area contributed by atoms with Gasteiger partial charge in [0.15, 0.2) is 0 Å². The maximum atomic E-state index is 13.2. The van der Waals surface area contributed by atoms with Gasteiger partial charge in [0, 0.05) is 55.9 Å². The Labute approximate surface area is 261 Å².